The summed E-state index contributed by atoms with van der Waals surface area (Å²) in [6.07, 6.45) is 1.61. The van der Waals surface area contributed by atoms with Gasteiger partial charge in [0.2, 0.25) is 5.91 Å². The maximum atomic E-state index is 12.9. The van der Waals surface area contributed by atoms with Crippen LogP contribution in [0.3, 0.4) is 0 Å². The maximum absolute atomic E-state index is 12.9. The number of aromatic nitrogens is 5. The second-order valence-electron chi connectivity index (χ2n) is 6.59. The lowest BCUT2D eigenvalue weighted by Gasteiger charge is -2.07. The van der Waals surface area contributed by atoms with Crippen molar-refractivity contribution in [3.63, 3.8) is 0 Å². The van der Waals surface area contributed by atoms with Crippen LogP contribution in [0.15, 0.2) is 76.9 Å². The highest BCUT2D eigenvalue weighted by molar-refractivity contribution is 7.99. The molecule has 0 unspecified atom stereocenters. The molecule has 0 fully saturated rings. The van der Waals surface area contributed by atoms with Crippen LogP contribution in [-0.2, 0) is 11.8 Å². The molecule has 1 amide bonds. The Balaban J connectivity index is 1.50. The average molecular weight is 420 g/mol. The van der Waals surface area contributed by atoms with Crippen LogP contribution in [0, 0.1) is 6.92 Å². The van der Waals surface area contributed by atoms with Gasteiger partial charge in [-0.2, -0.15) is 0 Å². The lowest BCUT2D eigenvalue weighted by molar-refractivity contribution is -0.113. The molecule has 30 heavy (non-hydrogen) atoms. The van der Waals surface area contributed by atoms with Gasteiger partial charge >= 0.3 is 0 Å². The molecule has 0 aliphatic heterocycles. The van der Waals surface area contributed by atoms with E-state index in [1.807, 2.05) is 65.2 Å². The lowest BCUT2D eigenvalue weighted by atomic mass is 10.3. The minimum absolute atomic E-state index is 0.102. The number of para-hydroxylation sites is 2. The van der Waals surface area contributed by atoms with Crippen LogP contribution >= 0.6 is 11.8 Å². The molecule has 8 nitrogen and oxygen atoms in total. The van der Waals surface area contributed by atoms with Gasteiger partial charge in [0.25, 0.3) is 5.56 Å². The third kappa shape index (κ3) is 3.79. The zero-order chi connectivity index (χ0) is 21.1. The van der Waals surface area contributed by atoms with Gasteiger partial charge in [0, 0.05) is 12.7 Å². The fourth-order valence-electron chi connectivity index (χ4n) is 3.11. The van der Waals surface area contributed by atoms with Crippen LogP contribution in [0.5, 0.6) is 0 Å². The van der Waals surface area contributed by atoms with E-state index in [4.69, 9.17) is 0 Å². The second-order valence-corrected chi connectivity index (χ2v) is 7.53. The Morgan fingerprint density at radius 1 is 1.03 bits per heavy atom. The molecule has 2 aromatic heterocycles. The fraction of sp³-hybridized carbons (Fsp3) is 0.143. The van der Waals surface area contributed by atoms with E-state index >= 15 is 0 Å². The number of anilines is 1. The van der Waals surface area contributed by atoms with Crippen LogP contribution in [0.1, 0.15) is 5.69 Å². The summed E-state index contributed by atoms with van der Waals surface area (Å²) in [4.78, 5) is 25.5. The average Bonchev–Trinajstić information content (AvgIpc) is 3.32. The first-order valence-corrected chi connectivity index (χ1v) is 10.3. The molecular weight excluding hydrogens is 400 g/mol. The Labute approximate surface area is 177 Å². The summed E-state index contributed by atoms with van der Waals surface area (Å²) >= 11 is 1.26. The molecule has 1 N–H and O–H groups in total. The van der Waals surface area contributed by atoms with E-state index in [2.05, 4.69) is 15.5 Å². The van der Waals surface area contributed by atoms with Crippen molar-refractivity contribution in [2.45, 2.75) is 12.1 Å². The molecule has 0 aliphatic rings. The van der Waals surface area contributed by atoms with Crippen molar-refractivity contribution in [1.82, 2.24) is 24.1 Å². The first kappa shape index (κ1) is 19.7. The Kier molecular flexibility index (Phi) is 5.53. The Morgan fingerprint density at radius 3 is 2.33 bits per heavy atom. The highest BCUT2D eigenvalue weighted by atomic mass is 32.2. The topological polar surface area (TPSA) is 86.7 Å². The number of nitrogens with zero attached hydrogens (tertiary/aromatic N) is 5. The summed E-state index contributed by atoms with van der Waals surface area (Å²) in [6.45, 7) is 1.80. The van der Waals surface area contributed by atoms with Crippen molar-refractivity contribution < 1.29 is 4.79 Å². The molecule has 2 heterocycles. The van der Waals surface area contributed by atoms with Crippen LogP contribution in [0.4, 0.5) is 5.69 Å². The van der Waals surface area contributed by atoms with Gasteiger partial charge in [-0.15, -0.1) is 10.2 Å². The molecule has 4 aromatic rings. The number of hydrogen-bond acceptors (Lipinski definition) is 5. The monoisotopic (exact) mass is 420 g/mol. The summed E-state index contributed by atoms with van der Waals surface area (Å²) < 4.78 is 5.07. The Morgan fingerprint density at radius 2 is 1.67 bits per heavy atom. The standard InChI is InChI=1S/C21H20N6O2S/c1-15-19(20(29)27(25(15)2)17-11-7-4-8-12-17)23-18(28)13-30-21-24-22-14-26(21)16-9-5-3-6-10-16/h3-12,14H,13H2,1-2H3,(H,23,28). The van der Waals surface area contributed by atoms with Gasteiger partial charge in [0.1, 0.15) is 12.0 Å². The molecule has 4 rings (SSSR count). The molecule has 9 heteroatoms. The summed E-state index contributed by atoms with van der Waals surface area (Å²) in [7, 11) is 1.79. The van der Waals surface area contributed by atoms with Crippen molar-refractivity contribution in [2.75, 3.05) is 11.1 Å². The van der Waals surface area contributed by atoms with E-state index in [0.29, 0.717) is 10.9 Å². The normalized spacial score (nSPS) is 10.9. The van der Waals surface area contributed by atoms with Crippen LogP contribution < -0.4 is 10.9 Å². The third-order valence-electron chi connectivity index (χ3n) is 4.70. The highest BCUT2D eigenvalue weighted by Gasteiger charge is 2.18. The van der Waals surface area contributed by atoms with Gasteiger partial charge < -0.3 is 5.32 Å². The zero-order valence-corrected chi connectivity index (χ0v) is 17.3. The van der Waals surface area contributed by atoms with Gasteiger partial charge in [-0.1, -0.05) is 48.2 Å². The van der Waals surface area contributed by atoms with Gasteiger partial charge in [-0.25, -0.2) is 4.68 Å². The van der Waals surface area contributed by atoms with Crippen molar-refractivity contribution >= 4 is 23.4 Å². The number of carbonyl (C=O) groups excluding carboxylic acids is 1. The SMILES string of the molecule is Cc1c(NC(=O)CSc2nncn2-c2ccccc2)c(=O)n(-c2ccccc2)n1C. The molecule has 0 saturated heterocycles. The summed E-state index contributed by atoms with van der Waals surface area (Å²) in [5.74, 6) is -0.182. The zero-order valence-electron chi connectivity index (χ0n) is 16.5. The molecule has 152 valence electrons. The van der Waals surface area contributed by atoms with Crippen LogP contribution in [0.2, 0.25) is 0 Å². The van der Waals surface area contributed by atoms with E-state index in [0.717, 1.165) is 11.4 Å². The van der Waals surface area contributed by atoms with Gasteiger partial charge in [0.05, 0.1) is 17.1 Å². The molecule has 0 bridgehead atoms. The molecule has 0 saturated carbocycles. The van der Waals surface area contributed by atoms with Gasteiger partial charge in [0.15, 0.2) is 5.16 Å². The summed E-state index contributed by atoms with van der Waals surface area (Å²) in [6, 6.07) is 19.0. The predicted molar refractivity (Wildman–Crippen MR) is 116 cm³/mol. The van der Waals surface area contributed by atoms with Crippen molar-refractivity contribution in [1.29, 1.82) is 0 Å². The summed E-state index contributed by atoms with van der Waals surface area (Å²) in [5.41, 5.74) is 2.33. The largest absolute Gasteiger partial charge is 0.319 e. The number of carbonyl (C=O) groups is 1. The number of nitrogens with one attached hydrogen (secondary N) is 1. The minimum Gasteiger partial charge on any atom is -0.319 e. The first-order valence-electron chi connectivity index (χ1n) is 9.28. The Bertz CT molecular complexity index is 1230. The Hall–Kier alpha value is -3.59. The van der Waals surface area contributed by atoms with Gasteiger partial charge in [-0.05, 0) is 31.2 Å². The summed E-state index contributed by atoms with van der Waals surface area (Å²) in [5, 5.41) is 11.4. The maximum Gasteiger partial charge on any atom is 0.295 e. The first-order chi connectivity index (χ1) is 14.6. The van der Waals surface area contributed by atoms with E-state index in [1.54, 1.807) is 25.0 Å². The van der Waals surface area contributed by atoms with E-state index < -0.39 is 0 Å². The highest BCUT2D eigenvalue weighted by Crippen LogP contribution is 2.20. The predicted octanol–water partition coefficient (Wildman–Crippen LogP) is 2.80. The van der Waals surface area contributed by atoms with E-state index in [1.165, 1.54) is 16.4 Å². The van der Waals surface area contributed by atoms with Crippen molar-refractivity contribution in [3.05, 3.63) is 83.0 Å². The smallest absolute Gasteiger partial charge is 0.295 e. The fourth-order valence-corrected chi connectivity index (χ4v) is 3.84. The lowest BCUT2D eigenvalue weighted by Crippen LogP contribution is -2.23. The van der Waals surface area contributed by atoms with Crippen LogP contribution in [0.25, 0.3) is 11.4 Å². The number of rotatable bonds is 6. The van der Waals surface area contributed by atoms with E-state index in [-0.39, 0.29) is 22.9 Å². The van der Waals surface area contributed by atoms with Crippen LogP contribution in [-0.4, -0.2) is 35.8 Å². The molecule has 0 spiro atoms. The number of thioether (sulfide) groups is 1. The van der Waals surface area contributed by atoms with Gasteiger partial charge in [-0.3, -0.25) is 18.8 Å². The van der Waals surface area contributed by atoms with Crippen molar-refractivity contribution in [2.24, 2.45) is 7.05 Å². The molecule has 2 aromatic carbocycles. The third-order valence-corrected chi connectivity index (χ3v) is 5.64. The number of hydrogen-bond donors (Lipinski definition) is 1. The molecule has 0 aliphatic carbocycles. The number of benzene rings is 2. The second kappa shape index (κ2) is 8.42. The molecule has 0 atom stereocenters. The van der Waals surface area contributed by atoms with E-state index in [9.17, 15) is 9.59 Å². The van der Waals surface area contributed by atoms with Crippen molar-refractivity contribution in [3.8, 4) is 11.4 Å². The number of amides is 1. The molecule has 0 radical (unpaired) electrons. The molecular formula is C21H20N6O2S. The minimum atomic E-state index is -0.284. The quantitative estimate of drug-likeness (QED) is 0.485.